The van der Waals surface area contributed by atoms with Crippen molar-refractivity contribution in [3.8, 4) is 0 Å². The number of benzene rings is 1. The molecule has 0 saturated carbocycles. The van der Waals surface area contributed by atoms with Crippen molar-refractivity contribution in [3.63, 3.8) is 0 Å². The first-order valence-electron chi connectivity index (χ1n) is 4.48. The van der Waals surface area contributed by atoms with Crippen molar-refractivity contribution in [1.82, 2.24) is 4.98 Å². The van der Waals surface area contributed by atoms with E-state index in [0.29, 0.717) is 5.69 Å². The monoisotopic (exact) mass is 208 g/mol. The highest BCUT2D eigenvalue weighted by Gasteiger charge is 2.34. The third-order valence-electron chi connectivity index (χ3n) is 2.19. The Labute approximate surface area is 85.7 Å². The highest BCUT2D eigenvalue weighted by molar-refractivity contribution is 5.44. The average Bonchev–Trinajstić information content (AvgIpc) is 2.71. The van der Waals surface area contributed by atoms with Crippen molar-refractivity contribution in [1.29, 1.82) is 0 Å². The topological polar surface area (TPSA) is 41.8 Å². The standard InChI is InChI=1S/C11H10F2N2/c12-11(13,10-5-2-6-15-10)8-3-1-4-9(14)7-8/h1-7,15H,14H2. The number of nitrogens with two attached hydrogens (primary N) is 1. The lowest BCUT2D eigenvalue weighted by atomic mass is 10.1. The van der Waals surface area contributed by atoms with E-state index >= 15 is 0 Å². The molecule has 2 aromatic rings. The van der Waals surface area contributed by atoms with Gasteiger partial charge in [0, 0.05) is 17.4 Å². The van der Waals surface area contributed by atoms with E-state index in [1.165, 1.54) is 36.5 Å². The molecule has 0 fully saturated rings. The summed E-state index contributed by atoms with van der Waals surface area (Å²) in [6.45, 7) is 0. The Morgan fingerprint density at radius 3 is 2.53 bits per heavy atom. The molecule has 0 amide bonds. The molecule has 3 N–H and O–H groups in total. The van der Waals surface area contributed by atoms with Crippen LogP contribution in [-0.4, -0.2) is 4.98 Å². The largest absolute Gasteiger partial charge is 0.399 e. The Morgan fingerprint density at radius 2 is 1.93 bits per heavy atom. The second kappa shape index (κ2) is 3.38. The molecule has 0 aliphatic carbocycles. The second-order valence-electron chi connectivity index (χ2n) is 3.28. The zero-order chi connectivity index (χ0) is 10.9. The molecule has 0 saturated heterocycles. The highest BCUT2D eigenvalue weighted by Crippen LogP contribution is 2.34. The van der Waals surface area contributed by atoms with E-state index in [4.69, 9.17) is 5.73 Å². The minimum atomic E-state index is -3.03. The number of nitrogens with one attached hydrogen (secondary N) is 1. The number of rotatable bonds is 2. The van der Waals surface area contributed by atoms with Gasteiger partial charge in [-0.2, -0.15) is 8.78 Å². The first kappa shape index (κ1) is 9.71. The van der Waals surface area contributed by atoms with E-state index in [0.717, 1.165) is 0 Å². The number of alkyl halides is 2. The first-order valence-corrected chi connectivity index (χ1v) is 4.48. The number of hydrogen-bond acceptors (Lipinski definition) is 1. The van der Waals surface area contributed by atoms with Crippen LogP contribution in [0.15, 0.2) is 42.6 Å². The molecule has 15 heavy (non-hydrogen) atoms. The molecule has 0 aliphatic heterocycles. The van der Waals surface area contributed by atoms with Gasteiger partial charge >= 0.3 is 5.92 Å². The predicted octanol–water partition coefficient (Wildman–Crippen LogP) is 2.74. The van der Waals surface area contributed by atoms with Crippen LogP contribution in [0.1, 0.15) is 11.3 Å². The first-order chi connectivity index (χ1) is 7.10. The molecule has 0 unspecified atom stereocenters. The quantitative estimate of drug-likeness (QED) is 0.732. The van der Waals surface area contributed by atoms with Gasteiger partial charge in [0.15, 0.2) is 0 Å². The second-order valence-corrected chi connectivity index (χ2v) is 3.28. The van der Waals surface area contributed by atoms with Crippen molar-refractivity contribution in [2.45, 2.75) is 5.92 Å². The molecule has 0 spiro atoms. The summed E-state index contributed by atoms with van der Waals surface area (Å²) in [7, 11) is 0. The fraction of sp³-hybridized carbons (Fsp3) is 0.0909. The van der Waals surface area contributed by atoms with Gasteiger partial charge in [0.05, 0.1) is 5.69 Å². The fourth-order valence-corrected chi connectivity index (χ4v) is 1.42. The number of anilines is 1. The van der Waals surface area contributed by atoms with Gasteiger partial charge < -0.3 is 10.7 Å². The van der Waals surface area contributed by atoms with Gasteiger partial charge in [0.1, 0.15) is 0 Å². The Balaban J connectivity index is 2.46. The highest BCUT2D eigenvalue weighted by atomic mass is 19.3. The normalized spacial score (nSPS) is 11.6. The lowest BCUT2D eigenvalue weighted by Crippen LogP contribution is -2.15. The third-order valence-corrected chi connectivity index (χ3v) is 2.19. The van der Waals surface area contributed by atoms with E-state index in [1.807, 2.05) is 0 Å². The Bertz CT molecular complexity index is 449. The number of nitrogen functional groups attached to an aromatic ring is 1. The zero-order valence-electron chi connectivity index (χ0n) is 7.87. The number of hydrogen-bond donors (Lipinski definition) is 2. The van der Waals surface area contributed by atoms with Crippen LogP contribution in [0, 0.1) is 0 Å². The summed E-state index contributed by atoms with van der Waals surface area (Å²) in [5.74, 6) is -3.03. The van der Waals surface area contributed by atoms with Crippen LogP contribution in [0.2, 0.25) is 0 Å². The van der Waals surface area contributed by atoms with Gasteiger partial charge in [-0.3, -0.25) is 0 Å². The van der Waals surface area contributed by atoms with E-state index < -0.39 is 5.92 Å². The molecular weight excluding hydrogens is 198 g/mol. The summed E-state index contributed by atoms with van der Waals surface area (Å²) in [5, 5.41) is 0. The summed E-state index contributed by atoms with van der Waals surface area (Å²) in [5.41, 5.74) is 5.56. The average molecular weight is 208 g/mol. The maximum Gasteiger partial charge on any atom is 0.312 e. The molecule has 2 nitrogen and oxygen atoms in total. The van der Waals surface area contributed by atoms with Crippen molar-refractivity contribution in [2.24, 2.45) is 0 Å². The molecule has 2 rings (SSSR count). The molecule has 0 atom stereocenters. The molecule has 1 aromatic carbocycles. The van der Waals surface area contributed by atoms with Crippen molar-refractivity contribution in [2.75, 3.05) is 5.73 Å². The molecular formula is C11H10F2N2. The van der Waals surface area contributed by atoms with Gasteiger partial charge in [0.25, 0.3) is 0 Å². The van der Waals surface area contributed by atoms with E-state index in [1.54, 1.807) is 6.07 Å². The van der Waals surface area contributed by atoms with Crippen LogP contribution < -0.4 is 5.73 Å². The fourth-order valence-electron chi connectivity index (χ4n) is 1.42. The summed E-state index contributed by atoms with van der Waals surface area (Å²) in [6.07, 6.45) is 1.47. The Hall–Kier alpha value is -1.84. The van der Waals surface area contributed by atoms with Crippen molar-refractivity contribution < 1.29 is 8.78 Å². The molecule has 4 heteroatoms. The lowest BCUT2D eigenvalue weighted by molar-refractivity contribution is 0.0386. The molecule has 0 bridgehead atoms. The number of aromatic amines is 1. The summed E-state index contributed by atoms with van der Waals surface area (Å²) >= 11 is 0. The van der Waals surface area contributed by atoms with Crippen LogP contribution in [0.3, 0.4) is 0 Å². The van der Waals surface area contributed by atoms with Crippen molar-refractivity contribution >= 4 is 5.69 Å². The van der Waals surface area contributed by atoms with Gasteiger partial charge in [-0.1, -0.05) is 12.1 Å². The minimum Gasteiger partial charge on any atom is -0.399 e. The Kier molecular flexibility index (Phi) is 2.19. The van der Waals surface area contributed by atoms with Gasteiger partial charge in [0.2, 0.25) is 0 Å². The maximum absolute atomic E-state index is 13.8. The molecule has 78 valence electrons. The molecule has 1 aromatic heterocycles. The predicted molar refractivity (Wildman–Crippen MR) is 54.6 cm³/mol. The Morgan fingerprint density at radius 1 is 1.13 bits per heavy atom. The van der Waals surface area contributed by atoms with Gasteiger partial charge in [-0.05, 0) is 24.3 Å². The third kappa shape index (κ3) is 1.70. The smallest absolute Gasteiger partial charge is 0.312 e. The van der Waals surface area contributed by atoms with Gasteiger partial charge in [-0.25, -0.2) is 0 Å². The summed E-state index contributed by atoms with van der Waals surface area (Å²) < 4.78 is 27.6. The zero-order valence-corrected chi connectivity index (χ0v) is 7.87. The number of aromatic nitrogens is 1. The van der Waals surface area contributed by atoms with Crippen LogP contribution >= 0.6 is 0 Å². The minimum absolute atomic E-state index is 0.107. The van der Waals surface area contributed by atoms with Crippen LogP contribution in [0.5, 0.6) is 0 Å². The summed E-state index contributed by atoms with van der Waals surface area (Å²) in [6, 6.07) is 8.62. The van der Waals surface area contributed by atoms with Crippen LogP contribution in [-0.2, 0) is 5.92 Å². The lowest BCUT2D eigenvalue weighted by Gasteiger charge is -2.15. The van der Waals surface area contributed by atoms with Crippen molar-refractivity contribution in [3.05, 3.63) is 53.9 Å². The van der Waals surface area contributed by atoms with E-state index in [2.05, 4.69) is 4.98 Å². The van der Waals surface area contributed by atoms with Crippen LogP contribution in [0.25, 0.3) is 0 Å². The maximum atomic E-state index is 13.8. The summed E-state index contributed by atoms with van der Waals surface area (Å²) in [4.78, 5) is 2.50. The molecule has 0 radical (unpaired) electrons. The molecule has 1 heterocycles. The molecule has 0 aliphatic rings. The SMILES string of the molecule is Nc1cccc(C(F)(F)c2ccc[nH]2)c1. The van der Waals surface area contributed by atoms with E-state index in [-0.39, 0.29) is 11.3 Å². The number of H-pyrrole nitrogens is 1. The van der Waals surface area contributed by atoms with E-state index in [9.17, 15) is 8.78 Å². The van der Waals surface area contributed by atoms with Crippen LogP contribution in [0.4, 0.5) is 14.5 Å². The van der Waals surface area contributed by atoms with Gasteiger partial charge in [-0.15, -0.1) is 0 Å². The number of halogens is 2.